The highest BCUT2D eigenvalue weighted by atomic mass is 15.3. The van der Waals surface area contributed by atoms with E-state index in [0.717, 1.165) is 69.7 Å². The van der Waals surface area contributed by atoms with E-state index in [9.17, 15) is 0 Å². The number of piperazine rings is 1. The molecule has 4 heterocycles. The standard InChI is InChI=1S/C22H33N7/c1-17-15-21(28-9-5-6-10-28)24-22(23-17)29-13-11-27(12-14-29)16-20-18-7-3-4-8-19(18)25-26(20)2/h15H,3-14,16H2,1-2H3. The lowest BCUT2D eigenvalue weighted by atomic mass is 9.95. The van der Waals surface area contributed by atoms with Crippen LogP contribution in [0.1, 0.15) is 48.3 Å². The highest BCUT2D eigenvalue weighted by molar-refractivity contribution is 5.46. The van der Waals surface area contributed by atoms with Gasteiger partial charge in [-0.3, -0.25) is 9.58 Å². The van der Waals surface area contributed by atoms with Gasteiger partial charge in [0.15, 0.2) is 0 Å². The van der Waals surface area contributed by atoms with Gasteiger partial charge in [0.1, 0.15) is 5.82 Å². The fourth-order valence-corrected chi connectivity index (χ4v) is 5.05. The summed E-state index contributed by atoms with van der Waals surface area (Å²) in [6.45, 7) is 9.43. The number of aryl methyl sites for hydroxylation is 3. The molecule has 1 aliphatic carbocycles. The van der Waals surface area contributed by atoms with E-state index in [-0.39, 0.29) is 0 Å². The monoisotopic (exact) mass is 395 g/mol. The van der Waals surface area contributed by atoms with Gasteiger partial charge in [-0.05, 0) is 51.0 Å². The van der Waals surface area contributed by atoms with Crippen molar-refractivity contribution < 1.29 is 0 Å². The van der Waals surface area contributed by atoms with E-state index in [1.54, 1.807) is 0 Å². The second-order valence-electron chi connectivity index (χ2n) is 8.83. The molecule has 0 saturated carbocycles. The zero-order valence-electron chi connectivity index (χ0n) is 17.9. The van der Waals surface area contributed by atoms with E-state index in [2.05, 4.69) is 39.4 Å². The Morgan fingerprint density at radius 1 is 0.862 bits per heavy atom. The Morgan fingerprint density at radius 3 is 2.41 bits per heavy atom. The van der Waals surface area contributed by atoms with E-state index in [0.29, 0.717) is 0 Å². The van der Waals surface area contributed by atoms with Gasteiger partial charge in [0, 0.05) is 64.6 Å². The third-order valence-corrected chi connectivity index (χ3v) is 6.74. The molecule has 2 aliphatic heterocycles. The summed E-state index contributed by atoms with van der Waals surface area (Å²) >= 11 is 0. The topological polar surface area (TPSA) is 53.3 Å². The maximum absolute atomic E-state index is 4.92. The van der Waals surface area contributed by atoms with Gasteiger partial charge < -0.3 is 9.80 Å². The van der Waals surface area contributed by atoms with Crippen LogP contribution in [-0.2, 0) is 26.4 Å². The van der Waals surface area contributed by atoms with Crippen LogP contribution >= 0.6 is 0 Å². The molecule has 2 fully saturated rings. The van der Waals surface area contributed by atoms with Gasteiger partial charge in [0.25, 0.3) is 0 Å². The quantitative estimate of drug-likeness (QED) is 0.792. The molecule has 0 unspecified atom stereocenters. The van der Waals surface area contributed by atoms with Gasteiger partial charge >= 0.3 is 0 Å². The van der Waals surface area contributed by atoms with E-state index in [1.807, 2.05) is 0 Å². The Labute approximate surface area is 173 Å². The number of fused-ring (bicyclic) bond motifs is 1. The number of hydrogen-bond donors (Lipinski definition) is 0. The molecule has 156 valence electrons. The minimum absolute atomic E-state index is 0.907. The van der Waals surface area contributed by atoms with Crippen LogP contribution in [0.2, 0.25) is 0 Å². The maximum Gasteiger partial charge on any atom is 0.227 e. The molecule has 7 nitrogen and oxygen atoms in total. The van der Waals surface area contributed by atoms with Crippen LogP contribution in [0.3, 0.4) is 0 Å². The van der Waals surface area contributed by atoms with Crippen molar-refractivity contribution in [3.8, 4) is 0 Å². The summed E-state index contributed by atoms with van der Waals surface area (Å²) in [7, 11) is 2.12. The first kappa shape index (κ1) is 18.9. The van der Waals surface area contributed by atoms with Crippen molar-refractivity contribution in [2.75, 3.05) is 49.1 Å². The van der Waals surface area contributed by atoms with Crippen molar-refractivity contribution in [1.29, 1.82) is 0 Å². The van der Waals surface area contributed by atoms with Crippen LogP contribution in [0.4, 0.5) is 11.8 Å². The fourth-order valence-electron chi connectivity index (χ4n) is 5.05. The summed E-state index contributed by atoms with van der Waals surface area (Å²) in [6, 6.07) is 2.14. The maximum atomic E-state index is 4.92. The first-order chi connectivity index (χ1) is 14.2. The predicted octanol–water partition coefficient (Wildman–Crippen LogP) is 2.32. The molecule has 2 aromatic rings. The average Bonchev–Trinajstić information content (AvgIpc) is 3.37. The minimum atomic E-state index is 0.907. The third kappa shape index (κ3) is 3.84. The molecular formula is C22H33N7. The summed E-state index contributed by atoms with van der Waals surface area (Å²) in [4.78, 5) is 17.0. The molecule has 0 aromatic carbocycles. The van der Waals surface area contributed by atoms with Gasteiger partial charge in [-0.25, -0.2) is 4.98 Å². The molecule has 0 N–H and O–H groups in total. The Bertz CT molecular complexity index is 860. The Balaban J connectivity index is 1.25. The van der Waals surface area contributed by atoms with Gasteiger partial charge in [-0.1, -0.05) is 0 Å². The summed E-state index contributed by atoms with van der Waals surface area (Å²) in [5.41, 5.74) is 5.37. The van der Waals surface area contributed by atoms with Crippen LogP contribution in [0.15, 0.2) is 6.07 Å². The van der Waals surface area contributed by atoms with Gasteiger partial charge in [-0.2, -0.15) is 10.1 Å². The lowest BCUT2D eigenvalue weighted by Crippen LogP contribution is -2.47. The number of aromatic nitrogens is 4. The van der Waals surface area contributed by atoms with E-state index in [1.165, 1.54) is 49.1 Å². The molecule has 0 spiro atoms. The second kappa shape index (κ2) is 7.94. The van der Waals surface area contributed by atoms with Crippen LogP contribution in [0.5, 0.6) is 0 Å². The Kier molecular flexibility index (Phi) is 5.16. The summed E-state index contributed by atoms with van der Waals surface area (Å²) < 4.78 is 2.13. The number of nitrogens with zero attached hydrogens (tertiary/aromatic N) is 7. The molecule has 2 aromatic heterocycles. The Morgan fingerprint density at radius 2 is 1.62 bits per heavy atom. The smallest absolute Gasteiger partial charge is 0.227 e. The van der Waals surface area contributed by atoms with Gasteiger partial charge in [-0.15, -0.1) is 0 Å². The molecular weight excluding hydrogens is 362 g/mol. The van der Waals surface area contributed by atoms with Crippen LogP contribution in [0.25, 0.3) is 0 Å². The first-order valence-corrected chi connectivity index (χ1v) is 11.3. The van der Waals surface area contributed by atoms with Crippen molar-refractivity contribution in [2.24, 2.45) is 7.05 Å². The van der Waals surface area contributed by atoms with Gasteiger partial charge in [0.2, 0.25) is 5.95 Å². The van der Waals surface area contributed by atoms with Crippen molar-refractivity contribution >= 4 is 11.8 Å². The minimum Gasteiger partial charge on any atom is -0.356 e. The predicted molar refractivity (Wildman–Crippen MR) is 116 cm³/mol. The molecule has 5 rings (SSSR count). The highest BCUT2D eigenvalue weighted by Gasteiger charge is 2.25. The molecule has 0 amide bonds. The molecule has 7 heteroatoms. The first-order valence-electron chi connectivity index (χ1n) is 11.3. The summed E-state index contributed by atoms with van der Waals surface area (Å²) in [5.74, 6) is 2.01. The molecule has 0 bridgehead atoms. The number of anilines is 2. The van der Waals surface area contributed by atoms with E-state index < -0.39 is 0 Å². The number of hydrogen-bond acceptors (Lipinski definition) is 6. The van der Waals surface area contributed by atoms with Crippen molar-refractivity contribution in [3.05, 3.63) is 28.7 Å². The largest absolute Gasteiger partial charge is 0.356 e. The number of rotatable bonds is 4. The molecule has 0 radical (unpaired) electrons. The molecule has 29 heavy (non-hydrogen) atoms. The fraction of sp³-hybridized carbons (Fsp3) is 0.682. The Hall–Kier alpha value is -2.15. The highest BCUT2D eigenvalue weighted by Crippen LogP contribution is 2.26. The van der Waals surface area contributed by atoms with Crippen LogP contribution in [0, 0.1) is 6.92 Å². The van der Waals surface area contributed by atoms with E-state index >= 15 is 0 Å². The van der Waals surface area contributed by atoms with Crippen molar-refractivity contribution in [2.45, 2.75) is 52.0 Å². The van der Waals surface area contributed by atoms with Gasteiger partial charge in [0.05, 0.1) is 11.4 Å². The normalized spacial score (nSPS) is 20.3. The van der Waals surface area contributed by atoms with Crippen molar-refractivity contribution in [3.63, 3.8) is 0 Å². The lowest BCUT2D eigenvalue weighted by Gasteiger charge is -2.35. The van der Waals surface area contributed by atoms with Crippen LogP contribution < -0.4 is 9.80 Å². The summed E-state index contributed by atoms with van der Waals surface area (Å²) in [5, 5.41) is 4.79. The average molecular weight is 396 g/mol. The molecule has 2 saturated heterocycles. The summed E-state index contributed by atoms with van der Waals surface area (Å²) in [6.07, 6.45) is 7.50. The molecule has 0 atom stereocenters. The lowest BCUT2D eigenvalue weighted by molar-refractivity contribution is 0.242. The van der Waals surface area contributed by atoms with Crippen LogP contribution in [-0.4, -0.2) is 63.9 Å². The zero-order chi connectivity index (χ0) is 19.8. The SMILES string of the molecule is Cc1cc(N2CCCC2)nc(N2CCN(Cc3c4c(nn3C)CCCC4)CC2)n1. The zero-order valence-corrected chi connectivity index (χ0v) is 17.9. The second-order valence-corrected chi connectivity index (χ2v) is 8.83. The third-order valence-electron chi connectivity index (χ3n) is 6.74. The van der Waals surface area contributed by atoms with Crippen molar-refractivity contribution in [1.82, 2.24) is 24.6 Å². The molecule has 3 aliphatic rings. The van der Waals surface area contributed by atoms with E-state index in [4.69, 9.17) is 15.1 Å².